The van der Waals surface area contributed by atoms with Gasteiger partial charge in [0.15, 0.2) is 0 Å². The van der Waals surface area contributed by atoms with Crippen LogP contribution < -0.4 is 10.6 Å². The van der Waals surface area contributed by atoms with Crippen LogP contribution in [0, 0.1) is 11.3 Å². The minimum Gasteiger partial charge on any atom is -0.481 e. The number of aliphatic carboxylic acids is 1. The lowest BCUT2D eigenvalue weighted by Gasteiger charge is -2.25. The topological polar surface area (TPSA) is 98.7 Å². The van der Waals surface area contributed by atoms with E-state index in [1.165, 1.54) is 0 Å². The number of rotatable bonds is 6. The second kappa shape index (κ2) is 7.28. The van der Waals surface area contributed by atoms with Gasteiger partial charge in [0.05, 0.1) is 5.41 Å². The Morgan fingerprint density at radius 3 is 2.57 bits per heavy atom. The summed E-state index contributed by atoms with van der Waals surface area (Å²) in [4.78, 5) is 35.9. The van der Waals surface area contributed by atoms with Crippen LogP contribution in [0.2, 0.25) is 0 Å². The first-order valence-electron chi connectivity index (χ1n) is 7.23. The van der Waals surface area contributed by atoms with Gasteiger partial charge in [-0.25, -0.2) is 4.79 Å². The molecule has 1 rings (SSSR count). The fourth-order valence-corrected chi connectivity index (χ4v) is 2.41. The van der Waals surface area contributed by atoms with E-state index in [2.05, 4.69) is 10.6 Å². The van der Waals surface area contributed by atoms with Gasteiger partial charge >= 0.3 is 12.0 Å². The highest BCUT2D eigenvalue weighted by atomic mass is 16.4. The second-order valence-corrected chi connectivity index (χ2v) is 6.15. The number of carboxylic acids is 1. The van der Waals surface area contributed by atoms with Crippen LogP contribution in [-0.2, 0) is 9.59 Å². The van der Waals surface area contributed by atoms with Crippen molar-refractivity contribution in [2.45, 2.75) is 33.1 Å². The molecule has 120 valence electrons. The zero-order valence-electron chi connectivity index (χ0n) is 12.9. The number of nitrogens with zero attached hydrogens (tertiary/aromatic N) is 1. The predicted molar refractivity (Wildman–Crippen MR) is 77.8 cm³/mol. The van der Waals surface area contributed by atoms with E-state index in [1.54, 1.807) is 25.8 Å². The van der Waals surface area contributed by atoms with Gasteiger partial charge in [0.25, 0.3) is 0 Å². The molecule has 0 aromatic heterocycles. The Hall–Kier alpha value is -1.79. The molecule has 3 amide bonds. The molecule has 0 aromatic carbocycles. The van der Waals surface area contributed by atoms with Crippen molar-refractivity contribution < 1.29 is 19.5 Å². The van der Waals surface area contributed by atoms with E-state index in [1.807, 2.05) is 0 Å². The molecule has 1 aliphatic rings. The van der Waals surface area contributed by atoms with Crippen LogP contribution in [0.25, 0.3) is 0 Å². The molecule has 3 N–H and O–H groups in total. The third-order valence-electron chi connectivity index (χ3n) is 3.86. The highest BCUT2D eigenvalue weighted by Gasteiger charge is 2.30. The third-order valence-corrected chi connectivity index (χ3v) is 3.86. The van der Waals surface area contributed by atoms with E-state index >= 15 is 0 Å². The number of carboxylic acid groups (broad SMARTS) is 1. The van der Waals surface area contributed by atoms with Crippen molar-refractivity contribution in [1.29, 1.82) is 0 Å². The third kappa shape index (κ3) is 5.24. The highest BCUT2D eigenvalue weighted by molar-refractivity contribution is 5.83. The van der Waals surface area contributed by atoms with Crippen LogP contribution in [0.5, 0.6) is 0 Å². The van der Waals surface area contributed by atoms with Crippen molar-refractivity contribution in [2.75, 3.05) is 26.7 Å². The lowest BCUT2D eigenvalue weighted by molar-refractivity contribution is -0.137. The lowest BCUT2D eigenvalue weighted by atomic mass is 9.92. The molecule has 0 bridgehead atoms. The quantitative estimate of drug-likeness (QED) is 0.671. The van der Waals surface area contributed by atoms with E-state index in [0.29, 0.717) is 19.5 Å². The second-order valence-electron chi connectivity index (χ2n) is 6.15. The summed E-state index contributed by atoms with van der Waals surface area (Å²) in [5, 5.41) is 14.0. The molecule has 0 saturated carbocycles. The van der Waals surface area contributed by atoms with Crippen molar-refractivity contribution in [3.05, 3.63) is 0 Å². The number of amides is 3. The molecule has 7 nitrogen and oxygen atoms in total. The normalized spacial score (nSPS) is 18.4. The first-order chi connectivity index (χ1) is 9.76. The number of nitrogens with one attached hydrogen (secondary N) is 2. The Labute approximate surface area is 125 Å². The largest absolute Gasteiger partial charge is 0.481 e. The molecule has 7 heteroatoms. The fraction of sp³-hybridized carbons (Fsp3) is 0.786. The maximum absolute atomic E-state index is 12.1. The summed E-state index contributed by atoms with van der Waals surface area (Å²) in [5.74, 6) is -0.674. The van der Waals surface area contributed by atoms with Gasteiger partial charge < -0.3 is 20.6 Å². The van der Waals surface area contributed by atoms with Gasteiger partial charge in [-0.2, -0.15) is 0 Å². The van der Waals surface area contributed by atoms with Crippen LogP contribution in [-0.4, -0.2) is 54.6 Å². The summed E-state index contributed by atoms with van der Waals surface area (Å²) in [6, 6.07) is -0.190. The van der Waals surface area contributed by atoms with E-state index < -0.39 is 11.4 Å². The van der Waals surface area contributed by atoms with Crippen molar-refractivity contribution in [2.24, 2.45) is 11.3 Å². The molecule has 0 radical (unpaired) electrons. The molecule has 1 atom stereocenters. The van der Waals surface area contributed by atoms with Gasteiger partial charge in [0, 0.05) is 33.1 Å². The molecule has 1 unspecified atom stereocenters. The Kier molecular flexibility index (Phi) is 5.99. The van der Waals surface area contributed by atoms with Crippen molar-refractivity contribution >= 4 is 17.9 Å². The first kappa shape index (κ1) is 17.3. The summed E-state index contributed by atoms with van der Waals surface area (Å²) < 4.78 is 0. The zero-order chi connectivity index (χ0) is 16.0. The van der Waals surface area contributed by atoms with Crippen LogP contribution in [0.1, 0.15) is 33.1 Å². The minimum absolute atomic E-state index is 0.122. The smallest absolute Gasteiger partial charge is 0.317 e. The van der Waals surface area contributed by atoms with Crippen LogP contribution in [0.15, 0.2) is 0 Å². The van der Waals surface area contributed by atoms with E-state index in [0.717, 1.165) is 6.42 Å². The van der Waals surface area contributed by atoms with Crippen LogP contribution >= 0.6 is 0 Å². The average Bonchev–Trinajstić information content (AvgIpc) is 2.90. The standard InChI is InChI=1S/C14H25N3O4/c1-14(2,12(20)15-3)9-16-13(21)17-7-6-10(8-17)4-5-11(18)19/h10H,4-9H2,1-3H3,(H,15,20)(H,16,21)(H,18,19). The maximum atomic E-state index is 12.1. The van der Waals surface area contributed by atoms with Gasteiger partial charge in [-0.05, 0) is 32.6 Å². The molecule has 21 heavy (non-hydrogen) atoms. The number of urea groups is 1. The van der Waals surface area contributed by atoms with Crippen molar-refractivity contribution in [1.82, 2.24) is 15.5 Å². The fourth-order valence-electron chi connectivity index (χ4n) is 2.41. The summed E-state index contributed by atoms with van der Waals surface area (Å²) in [6.07, 6.45) is 1.58. The van der Waals surface area contributed by atoms with Gasteiger partial charge in [0.2, 0.25) is 5.91 Å². The lowest BCUT2D eigenvalue weighted by Crippen LogP contribution is -2.47. The van der Waals surface area contributed by atoms with E-state index in [9.17, 15) is 14.4 Å². The molecule has 1 heterocycles. The predicted octanol–water partition coefficient (Wildman–Crippen LogP) is 0.655. The van der Waals surface area contributed by atoms with E-state index in [-0.39, 0.29) is 30.8 Å². The SMILES string of the molecule is CNC(=O)C(C)(C)CNC(=O)N1CCC(CCC(=O)O)C1. The number of likely N-dealkylation sites (tertiary alicyclic amines) is 1. The molecule has 1 fully saturated rings. The molecule has 0 spiro atoms. The number of hydrogen-bond donors (Lipinski definition) is 3. The Balaban J connectivity index is 2.37. The number of hydrogen-bond acceptors (Lipinski definition) is 3. The summed E-state index contributed by atoms with van der Waals surface area (Å²) in [7, 11) is 1.57. The molecule has 0 aliphatic carbocycles. The maximum Gasteiger partial charge on any atom is 0.317 e. The number of carbonyl (C=O) groups excluding carboxylic acids is 2. The Bertz CT molecular complexity index is 409. The average molecular weight is 299 g/mol. The first-order valence-corrected chi connectivity index (χ1v) is 7.23. The van der Waals surface area contributed by atoms with Crippen LogP contribution in [0.4, 0.5) is 4.79 Å². The monoisotopic (exact) mass is 299 g/mol. The van der Waals surface area contributed by atoms with Gasteiger partial charge in [-0.1, -0.05) is 0 Å². The highest BCUT2D eigenvalue weighted by Crippen LogP contribution is 2.21. The summed E-state index contributed by atoms with van der Waals surface area (Å²) in [5.41, 5.74) is -0.660. The summed E-state index contributed by atoms with van der Waals surface area (Å²) >= 11 is 0. The summed E-state index contributed by atoms with van der Waals surface area (Å²) in [6.45, 7) is 5.02. The Morgan fingerprint density at radius 2 is 2.00 bits per heavy atom. The minimum atomic E-state index is -0.801. The van der Waals surface area contributed by atoms with Crippen LogP contribution in [0.3, 0.4) is 0 Å². The Morgan fingerprint density at radius 1 is 1.33 bits per heavy atom. The van der Waals surface area contributed by atoms with Crippen molar-refractivity contribution in [3.63, 3.8) is 0 Å². The number of carbonyl (C=O) groups is 3. The van der Waals surface area contributed by atoms with Gasteiger partial charge in [-0.3, -0.25) is 9.59 Å². The molecule has 0 aromatic rings. The molecular formula is C14H25N3O4. The molecular weight excluding hydrogens is 274 g/mol. The molecule has 1 saturated heterocycles. The van der Waals surface area contributed by atoms with Crippen molar-refractivity contribution in [3.8, 4) is 0 Å². The van der Waals surface area contributed by atoms with Gasteiger partial charge in [0.1, 0.15) is 0 Å². The zero-order valence-corrected chi connectivity index (χ0v) is 12.9. The molecule has 1 aliphatic heterocycles. The van der Waals surface area contributed by atoms with Gasteiger partial charge in [-0.15, -0.1) is 0 Å². The van der Waals surface area contributed by atoms with E-state index in [4.69, 9.17) is 5.11 Å².